The third kappa shape index (κ3) is 3.02. The SMILES string of the molecule is CCC1(C)COC(CCC(=O)OC)(C(=O)OC)C1. The summed E-state index contributed by atoms with van der Waals surface area (Å²) in [7, 11) is 2.67. The summed E-state index contributed by atoms with van der Waals surface area (Å²) in [6.07, 6.45) is 1.97. The van der Waals surface area contributed by atoms with Gasteiger partial charge in [-0.3, -0.25) is 4.79 Å². The molecule has 5 nitrogen and oxygen atoms in total. The Balaban J connectivity index is 2.79. The van der Waals surface area contributed by atoms with Gasteiger partial charge < -0.3 is 14.2 Å². The molecule has 2 unspecified atom stereocenters. The summed E-state index contributed by atoms with van der Waals surface area (Å²) in [4.78, 5) is 23.2. The molecule has 0 aromatic carbocycles. The fraction of sp³-hybridized carbons (Fsp3) is 0.846. The van der Waals surface area contributed by atoms with Crippen molar-refractivity contribution in [1.29, 1.82) is 0 Å². The van der Waals surface area contributed by atoms with Gasteiger partial charge in [-0.2, -0.15) is 0 Å². The number of esters is 2. The van der Waals surface area contributed by atoms with Gasteiger partial charge in [0.2, 0.25) is 0 Å². The molecular formula is C13H22O5. The predicted molar refractivity (Wildman–Crippen MR) is 65.0 cm³/mol. The Kier molecular flexibility index (Phi) is 4.73. The Bertz CT molecular complexity index is 327. The van der Waals surface area contributed by atoms with Crippen molar-refractivity contribution in [3.8, 4) is 0 Å². The van der Waals surface area contributed by atoms with E-state index in [4.69, 9.17) is 9.47 Å². The maximum Gasteiger partial charge on any atom is 0.338 e. The zero-order valence-corrected chi connectivity index (χ0v) is 11.6. The first-order valence-electron chi connectivity index (χ1n) is 6.20. The Labute approximate surface area is 108 Å². The van der Waals surface area contributed by atoms with E-state index < -0.39 is 11.6 Å². The number of carbonyl (C=O) groups excluding carboxylic acids is 2. The molecule has 0 aromatic rings. The number of hydrogen-bond donors (Lipinski definition) is 0. The molecule has 104 valence electrons. The summed E-state index contributed by atoms with van der Waals surface area (Å²) in [6, 6.07) is 0. The molecule has 1 aliphatic heterocycles. The molecule has 0 aromatic heterocycles. The van der Waals surface area contributed by atoms with Crippen LogP contribution >= 0.6 is 0 Å². The molecular weight excluding hydrogens is 236 g/mol. The lowest BCUT2D eigenvalue weighted by Crippen LogP contribution is -2.40. The lowest BCUT2D eigenvalue weighted by Gasteiger charge is -2.26. The second kappa shape index (κ2) is 5.69. The summed E-state index contributed by atoms with van der Waals surface area (Å²) in [5.74, 6) is -0.740. The monoisotopic (exact) mass is 258 g/mol. The van der Waals surface area contributed by atoms with E-state index in [1.165, 1.54) is 14.2 Å². The van der Waals surface area contributed by atoms with Gasteiger partial charge in [0, 0.05) is 6.42 Å². The summed E-state index contributed by atoms with van der Waals surface area (Å²) in [5, 5.41) is 0. The minimum atomic E-state index is -0.992. The van der Waals surface area contributed by atoms with Gasteiger partial charge in [-0.05, 0) is 24.7 Å². The first-order valence-corrected chi connectivity index (χ1v) is 6.20. The second-order valence-corrected chi connectivity index (χ2v) is 5.19. The van der Waals surface area contributed by atoms with E-state index in [1.54, 1.807) is 0 Å². The summed E-state index contributed by atoms with van der Waals surface area (Å²) in [5.41, 5.74) is -1.03. The largest absolute Gasteiger partial charge is 0.469 e. The molecule has 2 atom stereocenters. The molecule has 1 aliphatic rings. The van der Waals surface area contributed by atoms with E-state index in [9.17, 15) is 9.59 Å². The van der Waals surface area contributed by atoms with Gasteiger partial charge in [0.1, 0.15) is 0 Å². The summed E-state index contributed by atoms with van der Waals surface area (Å²) >= 11 is 0. The van der Waals surface area contributed by atoms with Crippen LogP contribution in [0.15, 0.2) is 0 Å². The maximum atomic E-state index is 11.9. The van der Waals surface area contributed by atoms with Crippen molar-refractivity contribution in [2.75, 3.05) is 20.8 Å². The van der Waals surface area contributed by atoms with E-state index in [1.807, 2.05) is 0 Å². The molecule has 0 radical (unpaired) electrons. The fourth-order valence-corrected chi connectivity index (χ4v) is 2.32. The second-order valence-electron chi connectivity index (χ2n) is 5.19. The third-order valence-corrected chi connectivity index (χ3v) is 3.78. The van der Waals surface area contributed by atoms with Crippen molar-refractivity contribution in [2.24, 2.45) is 5.41 Å². The third-order valence-electron chi connectivity index (χ3n) is 3.78. The normalized spacial score (nSPS) is 31.1. The number of rotatable bonds is 5. The number of hydrogen-bond acceptors (Lipinski definition) is 5. The van der Waals surface area contributed by atoms with Crippen LogP contribution in [0, 0.1) is 5.41 Å². The van der Waals surface area contributed by atoms with E-state index in [0.717, 1.165) is 6.42 Å². The lowest BCUT2D eigenvalue weighted by molar-refractivity contribution is -0.165. The highest BCUT2D eigenvalue weighted by atomic mass is 16.6. The minimum absolute atomic E-state index is 0.0374. The summed E-state index contributed by atoms with van der Waals surface area (Å²) < 4.78 is 15.1. The Morgan fingerprint density at radius 2 is 1.94 bits per heavy atom. The van der Waals surface area contributed by atoms with Gasteiger partial charge in [0.25, 0.3) is 0 Å². The van der Waals surface area contributed by atoms with Crippen molar-refractivity contribution in [2.45, 2.75) is 45.1 Å². The van der Waals surface area contributed by atoms with Crippen LogP contribution in [0.3, 0.4) is 0 Å². The highest BCUT2D eigenvalue weighted by Gasteiger charge is 2.52. The Morgan fingerprint density at radius 1 is 1.28 bits per heavy atom. The van der Waals surface area contributed by atoms with Gasteiger partial charge in [-0.25, -0.2) is 4.79 Å². The standard InChI is InChI=1S/C13H22O5/c1-5-12(2)8-13(18-9-12,11(15)17-4)7-6-10(14)16-3/h5-9H2,1-4H3. The molecule has 0 bridgehead atoms. The van der Waals surface area contributed by atoms with Crippen LogP contribution in [0.2, 0.25) is 0 Å². The van der Waals surface area contributed by atoms with Gasteiger partial charge in [-0.1, -0.05) is 13.8 Å². The predicted octanol–water partition coefficient (Wildman–Crippen LogP) is 1.69. The first-order chi connectivity index (χ1) is 8.41. The maximum absolute atomic E-state index is 11.9. The van der Waals surface area contributed by atoms with Crippen molar-refractivity contribution in [3.05, 3.63) is 0 Å². The molecule has 0 amide bonds. The van der Waals surface area contributed by atoms with Crippen LogP contribution < -0.4 is 0 Å². The van der Waals surface area contributed by atoms with Crippen LogP contribution in [-0.2, 0) is 23.8 Å². The Morgan fingerprint density at radius 3 is 2.39 bits per heavy atom. The molecule has 1 heterocycles. The topological polar surface area (TPSA) is 61.8 Å². The van der Waals surface area contributed by atoms with Gasteiger partial charge >= 0.3 is 11.9 Å². The van der Waals surface area contributed by atoms with Gasteiger partial charge in [0.05, 0.1) is 20.8 Å². The molecule has 1 saturated heterocycles. The molecule has 1 fully saturated rings. The smallest absolute Gasteiger partial charge is 0.338 e. The van der Waals surface area contributed by atoms with Crippen molar-refractivity contribution >= 4 is 11.9 Å². The van der Waals surface area contributed by atoms with Crippen LogP contribution in [0.1, 0.15) is 39.5 Å². The molecule has 18 heavy (non-hydrogen) atoms. The van der Waals surface area contributed by atoms with Crippen LogP contribution in [0.4, 0.5) is 0 Å². The lowest BCUT2D eigenvalue weighted by atomic mass is 9.79. The zero-order chi connectivity index (χ0) is 13.8. The average Bonchev–Trinajstić information content (AvgIpc) is 2.75. The van der Waals surface area contributed by atoms with Gasteiger partial charge in [0.15, 0.2) is 5.60 Å². The van der Waals surface area contributed by atoms with Crippen molar-refractivity contribution in [1.82, 2.24) is 0 Å². The summed E-state index contributed by atoms with van der Waals surface area (Å²) in [6.45, 7) is 4.66. The number of carbonyl (C=O) groups is 2. The molecule has 0 N–H and O–H groups in total. The zero-order valence-electron chi connectivity index (χ0n) is 11.6. The molecule has 0 saturated carbocycles. The Hall–Kier alpha value is -1.10. The molecule has 5 heteroatoms. The quantitative estimate of drug-likeness (QED) is 0.702. The van der Waals surface area contributed by atoms with Crippen LogP contribution in [0.25, 0.3) is 0 Å². The van der Waals surface area contributed by atoms with E-state index in [2.05, 4.69) is 18.6 Å². The fourth-order valence-electron chi connectivity index (χ4n) is 2.32. The minimum Gasteiger partial charge on any atom is -0.469 e. The van der Waals surface area contributed by atoms with Crippen LogP contribution in [0.5, 0.6) is 0 Å². The average molecular weight is 258 g/mol. The van der Waals surface area contributed by atoms with Gasteiger partial charge in [-0.15, -0.1) is 0 Å². The molecule has 1 rings (SSSR count). The molecule has 0 spiro atoms. The van der Waals surface area contributed by atoms with E-state index >= 15 is 0 Å². The van der Waals surface area contributed by atoms with Crippen LogP contribution in [-0.4, -0.2) is 38.4 Å². The highest BCUT2D eigenvalue weighted by molar-refractivity contribution is 5.81. The van der Waals surface area contributed by atoms with E-state index in [0.29, 0.717) is 19.4 Å². The van der Waals surface area contributed by atoms with Crippen molar-refractivity contribution < 1.29 is 23.8 Å². The number of methoxy groups -OCH3 is 2. The molecule has 0 aliphatic carbocycles. The van der Waals surface area contributed by atoms with E-state index in [-0.39, 0.29) is 17.8 Å². The number of ether oxygens (including phenoxy) is 3. The first kappa shape index (κ1) is 15.0. The highest BCUT2D eigenvalue weighted by Crippen LogP contribution is 2.44. The van der Waals surface area contributed by atoms with Crippen molar-refractivity contribution in [3.63, 3.8) is 0 Å².